The lowest BCUT2D eigenvalue weighted by Crippen LogP contribution is -2.53. The molecule has 4 nitrogen and oxygen atoms in total. The number of piperidine rings is 1. The van der Waals surface area contributed by atoms with Crippen molar-refractivity contribution < 1.29 is 9.18 Å². The lowest BCUT2D eigenvalue weighted by Gasteiger charge is -2.43. The number of benzene rings is 1. The second kappa shape index (κ2) is 6.56. The molecule has 0 radical (unpaired) electrons. The number of likely N-dealkylation sites (tertiary alicyclic amines) is 1. The number of hydrogen-bond acceptors (Lipinski definition) is 3. The predicted molar refractivity (Wildman–Crippen MR) is 93.4 cm³/mol. The standard InChI is InChI=1S/C20H22FN3O/c21-17-5-3-15(4-6-17)14-24-10-7-20(8-11-24)18(12-19(25)23-20)16-2-1-9-22-13-16/h1-6,9,13,18H,7-8,10-12,14H2,(H,23,25)/t18-/m0/s1. The van der Waals surface area contributed by atoms with Crippen LogP contribution in [0.25, 0.3) is 0 Å². The number of carbonyl (C=O) groups excluding carboxylic acids is 1. The van der Waals surface area contributed by atoms with Gasteiger partial charge < -0.3 is 5.32 Å². The van der Waals surface area contributed by atoms with Crippen LogP contribution in [0.5, 0.6) is 0 Å². The highest BCUT2D eigenvalue weighted by Crippen LogP contribution is 2.43. The van der Waals surface area contributed by atoms with Crippen molar-refractivity contribution in [1.29, 1.82) is 0 Å². The van der Waals surface area contributed by atoms with E-state index in [4.69, 9.17) is 0 Å². The molecule has 0 saturated carbocycles. The van der Waals surface area contributed by atoms with Crippen LogP contribution in [0.15, 0.2) is 48.8 Å². The van der Waals surface area contributed by atoms with E-state index in [9.17, 15) is 9.18 Å². The number of nitrogens with one attached hydrogen (secondary N) is 1. The van der Waals surface area contributed by atoms with E-state index in [1.165, 1.54) is 12.1 Å². The Labute approximate surface area is 147 Å². The quantitative estimate of drug-likeness (QED) is 0.935. The number of hydrogen-bond donors (Lipinski definition) is 1. The van der Waals surface area contributed by atoms with Crippen LogP contribution in [0.4, 0.5) is 4.39 Å². The van der Waals surface area contributed by atoms with Gasteiger partial charge in [0.05, 0.1) is 0 Å². The van der Waals surface area contributed by atoms with Gasteiger partial charge in [-0.25, -0.2) is 4.39 Å². The maximum atomic E-state index is 13.0. The Hall–Kier alpha value is -2.27. The molecule has 0 bridgehead atoms. The highest BCUT2D eigenvalue weighted by atomic mass is 19.1. The monoisotopic (exact) mass is 339 g/mol. The predicted octanol–water partition coefficient (Wildman–Crippen LogP) is 2.86. The number of aromatic nitrogens is 1. The zero-order valence-electron chi connectivity index (χ0n) is 14.1. The number of nitrogens with zero attached hydrogens (tertiary/aromatic N) is 2. The van der Waals surface area contributed by atoms with Crippen LogP contribution < -0.4 is 5.32 Å². The summed E-state index contributed by atoms with van der Waals surface area (Å²) in [5.41, 5.74) is 2.11. The molecule has 4 rings (SSSR count). The minimum Gasteiger partial charge on any atom is -0.350 e. The third-order valence-corrected chi connectivity index (χ3v) is 5.60. The summed E-state index contributed by atoms with van der Waals surface area (Å²) >= 11 is 0. The van der Waals surface area contributed by atoms with Crippen molar-refractivity contribution in [1.82, 2.24) is 15.2 Å². The van der Waals surface area contributed by atoms with E-state index in [0.29, 0.717) is 6.42 Å². The summed E-state index contributed by atoms with van der Waals surface area (Å²) in [5.74, 6) is 0.136. The van der Waals surface area contributed by atoms with Crippen LogP contribution in [0, 0.1) is 5.82 Å². The Morgan fingerprint density at radius 3 is 2.64 bits per heavy atom. The van der Waals surface area contributed by atoms with E-state index in [1.807, 2.05) is 24.4 Å². The van der Waals surface area contributed by atoms with Crippen molar-refractivity contribution >= 4 is 5.91 Å². The molecule has 2 aliphatic heterocycles. The molecule has 1 aromatic heterocycles. The minimum absolute atomic E-state index is 0.140. The number of pyridine rings is 1. The van der Waals surface area contributed by atoms with Crippen molar-refractivity contribution in [2.24, 2.45) is 0 Å². The number of carbonyl (C=O) groups is 1. The molecule has 1 spiro atoms. The molecule has 3 heterocycles. The molecule has 1 N–H and O–H groups in total. The Balaban J connectivity index is 1.45. The van der Waals surface area contributed by atoms with Gasteiger partial charge in [-0.05, 0) is 42.2 Å². The van der Waals surface area contributed by atoms with E-state index in [1.54, 1.807) is 6.20 Å². The zero-order valence-corrected chi connectivity index (χ0v) is 14.1. The van der Waals surface area contributed by atoms with Crippen LogP contribution >= 0.6 is 0 Å². The van der Waals surface area contributed by atoms with Gasteiger partial charge in [-0.15, -0.1) is 0 Å². The molecule has 2 saturated heterocycles. The van der Waals surface area contributed by atoms with Crippen molar-refractivity contribution in [2.45, 2.75) is 37.3 Å². The van der Waals surface area contributed by atoms with E-state index >= 15 is 0 Å². The summed E-state index contributed by atoms with van der Waals surface area (Å²) in [6, 6.07) is 10.7. The smallest absolute Gasteiger partial charge is 0.221 e. The minimum atomic E-state index is -0.200. The summed E-state index contributed by atoms with van der Waals surface area (Å²) in [6.07, 6.45) is 6.06. The van der Waals surface area contributed by atoms with Crippen LogP contribution in [0.3, 0.4) is 0 Å². The lowest BCUT2D eigenvalue weighted by atomic mass is 9.74. The second-order valence-corrected chi connectivity index (χ2v) is 7.15. The number of halogens is 1. The average molecular weight is 339 g/mol. The fraction of sp³-hybridized carbons (Fsp3) is 0.400. The fourth-order valence-corrected chi connectivity index (χ4v) is 4.25. The lowest BCUT2D eigenvalue weighted by molar-refractivity contribution is -0.120. The van der Waals surface area contributed by atoms with Crippen molar-refractivity contribution in [3.05, 3.63) is 65.7 Å². The summed E-state index contributed by atoms with van der Waals surface area (Å²) < 4.78 is 13.0. The van der Waals surface area contributed by atoms with E-state index in [2.05, 4.69) is 21.3 Å². The molecule has 5 heteroatoms. The van der Waals surface area contributed by atoms with Crippen LogP contribution in [0.1, 0.15) is 36.3 Å². The first kappa shape index (κ1) is 16.2. The largest absolute Gasteiger partial charge is 0.350 e. The van der Waals surface area contributed by atoms with Gasteiger partial charge in [0.2, 0.25) is 5.91 Å². The van der Waals surface area contributed by atoms with Crippen molar-refractivity contribution in [3.63, 3.8) is 0 Å². The van der Waals surface area contributed by atoms with Crippen LogP contribution in [-0.2, 0) is 11.3 Å². The van der Waals surface area contributed by atoms with Gasteiger partial charge >= 0.3 is 0 Å². The van der Waals surface area contributed by atoms with Crippen molar-refractivity contribution in [2.75, 3.05) is 13.1 Å². The Morgan fingerprint density at radius 2 is 1.96 bits per heavy atom. The zero-order chi connectivity index (χ0) is 17.3. The molecule has 2 aromatic rings. The number of amides is 1. The molecule has 1 amide bonds. The topological polar surface area (TPSA) is 45.2 Å². The summed E-state index contributed by atoms with van der Waals surface area (Å²) in [5, 5.41) is 3.27. The van der Waals surface area contributed by atoms with Gasteiger partial charge in [0.25, 0.3) is 0 Å². The van der Waals surface area contributed by atoms with Gasteiger partial charge in [-0.1, -0.05) is 18.2 Å². The third-order valence-electron chi connectivity index (χ3n) is 5.60. The van der Waals surface area contributed by atoms with Gasteiger partial charge in [0, 0.05) is 49.9 Å². The summed E-state index contributed by atoms with van der Waals surface area (Å²) in [7, 11) is 0. The number of rotatable bonds is 3. The van der Waals surface area contributed by atoms with E-state index < -0.39 is 0 Å². The fourth-order valence-electron chi connectivity index (χ4n) is 4.25. The molecule has 2 fully saturated rings. The maximum Gasteiger partial charge on any atom is 0.221 e. The maximum absolute atomic E-state index is 13.0. The second-order valence-electron chi connectivity index (χ2n) is 7.15. The molecule has 1 aromatic carbocycles. The van der Waals surface area contributed by atoms with E-state index in [-0.39, 0.29) is 23.2 Å². The van der Waals surface area contributed by atoms with Gasteiger partial charge in [-0.2, -0.15) is 0 Å². The van der Waals surface area contributed by atoms with Gasteiger partial charge in [0.1, 0.15) is 5.82 Å². The summed E-state index contributed by atoms with van der Waals surface area (Å²) in [4.78, 5) is 18.7. The Kier molecular flexibility index (Phi) is 4.25. The van der Waals surface area contributed by atoms with Crippen LogP contribution in [0.2, 0.25) is 0 Å². The van der Waals surface area contributed by atoms with Gasteiger partial charge in [-0.3, -0.25) is 14.7 Å². The first-order valence-corrected chi connectivity index (χ1v) is 8.82. The first-order chi connectivity index (χ1) is 12.1. The molecular weight excluding hydrogens is 317 g/mol. The average Bonchev–Trinajstić information content (AvgIpc) is 2.96. The molecule has 0 unspecified atom stereocenters. The normalized spacial score (nSPS) is 22.9. The highest BCUT2D eigenvalue weighted by molar-refractivity contribution is 5.81. The molecular formula is C20H22FN3O. The summed E-state index contributed by atoms with van der Waals surface area (Å²) in [6.45, 7) is 2.67. The highest BCUT2D eigenvalue weighted by Gasteiger charge is 2.48. The molecule has 130 valence electrons. The van der Waals surface area contributed by atoms with Gasteiger partial charge in [0.15, 0.2) is 0 Å². The van der Waals surface area contributed by atoms with E-state index in [0.717, 1.165) is 43.6 Å². The van der Waals surface area contributed by atoms with Crippen molar-refractivity contribution in [3.8, 4) is 0 Å². The SMILES string of the molecule is O=C1C[C@@H](c2cccnc2)C2(CCN(Cc3ccc(F)cc3)CC2)N1. The molecule has 25 heavy (non-hydrogen) atoms. The Bertz CT molecular complexity index is 739. The molecule has 0 aliphatic carbocycles. The molecule has 2 aliphatic rings. The molecule has 1 atom stereocenters. The Morgan fingerprint density at radius 1 is 1.20 bits per heavy atom. The third kappa shape index (κ3) is 3.29. The first-order valence-electron chi connectivity index (χ1n) is 8.82. The van der Waals surface area contributed by atoms with Crippen LogP contribution in [-0.4, -0.2) is 34.4 Å².